The number of aryl methyl sites for hydroxylation is 1. The minimum absolute atomic E-state index is 0.158. The molecule has 29 heavy (non-hydrogen) atoms. The number of guanidine groups is 1. The van der Waals surface area contributed by atoms with E-state index in [-0.39, 0.29) is 11.3 Å². The number of benzene rings is 1. The fraction of sp³-hybridized carbons (Fsp3) is 0.667. The van der Waals surface area contributed by atoms with Gasteiger partial charge < -0.3 is 15.5 Å². The van der Waals surface area contributed by atoms with E-state index in [1.807, 2.05) is 0 Å². The summed E-state index contributed by atoms with van der Waals surface area (Å²) in [6.45, 7) is 8.02. The van der Waals surface area contributed by atoms with Crippen LogP contribution in [0.15, 0.2) is 29.3 Å². The SMILES string of the molecule is CCNC(=NCC1(c2cccc(C)c2)CCCC1)N1CCC(CC(=O)NC)CC1. The number of nitrogens with one attached hydrogen (secondary N) is 2. The summed E-state index contributed by atoms with van der Waals surface area (Å²) in [6.07, 6.45) is 7.81. The van der Waals surface area contributed by atoms with E-state index >= 15 is 0 Å². The molecule has 1 aliphatic carbocycles. The molecule has 5 heteroatoms. The maximum absolute atomic E-state index is 11.7. The van der Waals surface area contributed by atoms with Crippen molar-refractivity contribution in [2.45, 2.75) is 64.2 Å². The zero-order valence-electron chi connectivity index (χ0n) is 18.5. The molecule has 1 saturated carbocycles. The number of hydrogen-bond acceptors (Lipinski definition) is 2. The molecule has 1 aromatic rings. The summed E-state index contributed by atoms with van der Waals surface area (Å²) < 4.78 is 0. The maximum Gasteiger partial charge on any atom is 0.220 e. The van der Waals surface area contributed by atoms with E-state index < -0.39 is 0 Å². The first-order chi connectivity index (χ1) is 14.1. The van der Waals surface area contributed by atoms with Gasteiger partial charge in [-0.15, -0.1) is 0 Å². The van der Waals surface area contributed by atoms with Crippen molar-refractivity contribution in [1.29, 1.82) is 0 Å². The van der Waals surface area contributed by atoms with Crippen LogP contribution in [0.5, 0.6) is 0 Å². The summed E-state index contributed by atoms with van der Waals surface area (Å²) in [5, 5.41) is 6.27. The van der Waals surface area contributed by atoms with Crippen molar-refractivity contribution >= 4 is 11.9 Å². The van der Waals surface area contributed by atoms with Gasteiger partial charge in [0.05, 0.1) is 6.54 Å². The van der Waals surface area contributed by atoms with Crippen LogP contribution in [0.25, 0.3) is 0 Å². The second kappa shape index (κ2) is 10.1. The highest BCUT2D eigenvalue weighted by Crippen LogP contribution is 2.41. The molecule has 160 valence electrons. The Hall–Kier alpha value is -2.04. The molecular formula is C24H38N4O. The van der Waals surface area contributed by atoms with Crippen LogP contribution in [-0.2, 0) is 10.2 Å². The van der Waals surface area contributed by atoms with E-state index in [0.29, 0.717) is 12.3 Å². The molecule has 1 aliphatic heterocycles. The number of rotatable bonds is 6. The number of amides is 1. The van der Waals surface area contributed by atoms with Gasteiger partial charge in [0.25, 0.3) is 0 Å². The van der Waals surface area contributed by atoms with Crippen LogP contribution in [-0.4, -0.2) is 50.0 Å². The Morgan fingerprint density at radius 3 is 2.59 bits per heavy atom. The number of carbonyl (C=O) groups is 1. The lowest BCUT2D eigenvalue weighted by Crippen LogP contribution is -2.46. The predicted octanol–water partition coefficient (Wildman–Crippen LogP) is 3.62. The van der Waals surface area contributed by atoms with Crippen LogP contribution in [0, 0.1) is 12.8 Å². The first-order valence-corrected chi connectivity index (χ1v) is 11.4. The Kier molecular flexibility index (Phi) is 7.57. The van der Waals surface area contributed by atoms with Crippen molar-refractivity contribution < 1.29 is 4.79 Å². The number of nitrogens with zero attached hydrogens (tertiary/aromatic N) is 2. The molecular weight excluding hydrogens is 360 g/mol. The molecule has 1 heterocycles. The molecule has 3 rings (SSSR count). The first-order valence-electron chi connectivity index (χ1n) is 11.4. The molecule has 0 spiro atoms. The Morgan fingerprint density at radius 1 is 1.24 bits per heavy atom. The Bertz CT molecular complexity index is 701. The summed E-state index contributed by atoms with van der Waals surface area (Å²) in [5.74, 6) is 1.69. The van der Waals surface area contributed by atoms with Crippen LogP contribution >= 0.6 is 0 Å². The topological polar surface area (TPSA) is 56.7 Å². The van der Waals surface area contributed by atoms with E-state index in [1.54, 1.807) is 7.05 Å². The van der Waals surface area contributed by atoms with Crippen LogP contribution in [0.1, 0.15) is 63.0 Å². The van der Waals surface area contributed by atoms with Crippen molar-refractivity contribution in [2.24, 2.45) is 10.9 Å². The number of aliphatic imine (C=N–C) groups is 1. The zero-order chi connectivity index (χ0) is 20.7. The average molecular weight is 399 g/mol. The molecule has 2 fully saturated rings. The molecule has 0 bridgehead atoms. The molecule has 5 nitrogen and oxygen atoms in total. The molecule has 0 atom stereocenters. The standard InChI is InChI=1S/C24H38N4O/c1-4-26-23(28-14-10-20(11-15-28)17-22(29)25-3)27-18-24(12-5-6-13-24)21-9-7-8-19(2)16-21/h7-9,16,20H,4-6,10-15,17-18H2,1-3H3,(H,25,29)(H,26,27). The number of likely N-dealkylation sites (tertiary alicyclic amines) is 1. The maximum atomic E-state index is 11.7. The molecule has 1 saturated heterocycles. The van der Waals surface area contributed by atoms with Gasteiger partial charge in [-0.25, -0.2) is 0 Å². The van der Waals surface area contributed by atoms with Crippen LogP contribution in [0.4, 0.5) is 0 Å². The van der Waals surface area contributed by atoms with Crippen molar-refractivity contribution in [2.75, 3.05) is 33.2 Å². The van der Waals surface area contributed by atoms with Gasteiger partial charge in [0.2, 0.25) is 5.91 Å². The van der Waals surface area contributed by atoms with Crippen LogP contribution in [0.3, 0.4) is 0 Å². The van der Waals surface area contributed by atoms with Crippen molar-refractivity contribution in [1.82, 2.24) is 15.5 Å². The number of carbonyl (C=O) groups excluding carboxylic acids is 1. The molecule has 0 unspecified atom stereocenters. The molecule has 1 aromatic carbocycles. The van der Waals surface area contributed by atoms with Gasteiger partial charge in [-0.1, -0.05) is 42.7 Å². The lowest BCUT2D eigenvalue weighted by Gasteiger charge is -2.35. The summed E-state index contributed by atoms with van der Waals surface area (Å²) in [4.78, 5) is 19.2. The smallest absolute Gasteiger partial charge is 0.220 e. The van der Waals surface area contributed by atoms with Crippen molar-refractivity contribution in [3.8, 4) is 0 Å². The van der Waals surface area contributed by atoms with E-state index in [0.717, 1.165) is 45.0 Å². The fourth-order valence-electron chi connectivity index (χ4n) is 4.93. The third-order valence-corrected chi connectivity index (χ3v) is 6.72. The van der Waals surface area contributed by atoms with Crippen LogP contribution in [0.2, 0.25) is 0 Å². The normalized spacial score (nSPS) is 20.0. The highest BCUT2D eigenvalue weighted by Gasteiger charge is 2.36. The van der Waals surface area contributed by atoms with E-state index in [2.05, 4.69) is 53.6 Å². The van der Waals surface area contributed by atoms with E-state index in [1.165, 1.54) is 36.8 Å². The Morgan fingerprint density at radius 2 is 1.97 bits per heavy atom. The second-order valence-corrected chi connectivity index (χ2v) is 8.83. The summed E-state index contributed by atoms with van der Waals surface area (Å²) >= 11 is 0. The Balaban J connectivity index is 1.69. The van der Waals surface area contributed by atoms with Gasteiger partial charge in [0, 0.05) is 38.5 Å². The predicted molar refractivity (Wildman–Crippen MR) is 120 cm³/mol. The quantitative estimate of drug-likeness (QED) is 0.568. The monoisotopic (exact) mass is 398 g/mol. The van der Waals surface area contributed by atoms with Gasteiger partial charge in [0.15, 0.2) is 5.96 Å². The lowest BCUT2D eigenvalue weighted by atomic mass is 9.78. The van der Waals surface area contributed by atoms with Crippen LogP contribution < -0.4 is 10.6 Å². The van der Waals surface area contributed by atoms with Crippen molar-refractivity contribution in [3.63, 3.8) is 0 Å². The molecule has 0 radical (unpaired) electrons. The largest absolute Gasteiger partial charge is 0.359 e. The van der Waals surface area contributed by atoms with E-state index in [4.69, 9.17) is 4.99 Å². The lowest BCUT2D eigenvalue weighted by molar-refractivity contribution is -0.121. The fourth-order valence-corrected chi connectivity index (χ4v) is 4.93. The third-order valence-electron chi connectivity index (χ3n) is 6.72. The molecule has 1 amide bonds. The number of hydrogen-bond donors (Lipinski definition) is 2. The number of piperidine rings is 1. The third kappa shape index (κ3) is 5.52. The molecule has 2 N–H and O–H groups in total. The summed E-state index contributed by atoms with van der Waals surface area (Å²) in [5.41, 5.74) is 2.98. The van der Waals surface area contributed by atoms with E-state index in [9.17, 15) is 4.79 Å². The van der Waals surface area contributed by atoms with Gasteiger partial charge in [-0.2, -0.15) is 0 Å². The first kappa shape index (κ1) is 21.7. The summed E-state index contributed by atoms with van der Waals surface area (Å²) in [7, 11) is 1.72. The van der Waals surface area contributed by atoms with Gasteiger partial charge in [0.1, 0.15) is 0 Å². The second-order valence-electron chi connectivity index (χ2n) is 8.83. The molecule has 0 aromatic heterocycles. The summed E-state index contributed by atoms with van der Waals surface area (Å²) in [6, 6.07) is 9.03. The zero-order valence-corrected chi connectivity index (χ0v) is 18.5. The van der Waals surface area contributed by atoms with Gasteiger partial charge in [-0.3, -0.25) is 9.79 Å². The highest BCUT2D eigenvalue weighted by molar-refractivity contribution is 5.80. The van der Waals surface area contributed by atoms with Gasteiger partial charge >= 0.3 is 0 Å². The highest BCUT2D eigenvalue weighted by atomic mass is 16.1. The van der Waals surface area contributed by atoms with Gasteiger partial charge in [-0.05, 0) is 51.0 Å². The minimum atomic E-state index is 0.158. The average Bonchev–Trinajstić information content (AvgIpc) is 3.22. The molecule has 2 aliphatic rings. The van der Waals surface area contributed by atoms with Crippen molar-refractivity contribution in [3.05, 3.63) is 35.4 Å². The minimum Gasteiger partial charge on any atom is -0.359 e. The Labute approximate surface area is 176 Å².